The van der Waals surface area contributed by atoms with Gasteiger partial charge in [-0.25, -0.2) is 4.39 Å². The molecule has 0 saturated heterocycles. The van der Waals surface area contributed by atoms with Crippen molar-refractivity contribution < 1.29 is 13.9 Å². The minimum absolute atomic E-state index is 0.177. The summed E-state index contributed by atoms with van der Waals surface area (Å²) in [5.74, 6) is -0.278. The van der Waals surface area contributed by atoms with Gasteiger partial charge in [-0.1, -0.05) is 12.1 Å². The minimum Gasteiger partial charge on any atom is -0.376 e. The standard InChI is InChI=1S/C14H22FNO2/c1-10(2)17-7-8-18-14(11(3)16)12-5-4-6-13(15)9-12/h4-6,9-11,14H,7-8,16H2,1-3H3. The third-order valence-corrected chi connectivity index (χ3v) is 2.49. The molecular formula is C14H22FNO2. The van der Waals surface area contributed by atoms with Gasteiger partial charge in [0.1, 0.15) is 5.82 Å². The minimum atomic E-state index is -0.309. The van der Waals surface area contributed by atoms with Crippen molar-refractivity contribution in [2.75, 3.05) is 13.2 Å². The van der Waals surface area contributed by atoms with Crippen LogP contribution < -0.4 is 5.73 Å². The summed E-state index contributed by atoms with van der Waals surface area (Å²) in [5.41, 5.74) is 6.63. The van der Waals surface area contributed by atoms with Crippen molar-refractivity contribution in [1.82, 2.24) is 0 Å². The fourth-order valence-corrected chi connectivity index (χ4v) is 1.69. The molecule has 0 radical (unpaired) electrons. The predicted molar refractivity (Wildman–Crippen MR) is 69.8 cm³/mol. The Labute approximate surface area is 108 Å². The first-order valence-corrected chi connectivity index (χ1v) is 6.25. The smallest absolute Gasteiger partial charge is 0.123 e. The Hall–Kier alpha value is -0.970. The van der Waals surface area contributed by atoms with E-state index >= 15 is 0 Å². The van der Waals surface area contributed by atoms with Gasteiger partial charge in [-0.2, -0.15) is 0 Å². The molecule has 0 aliphatic heterocycles. The van der Waals surface area contributed by atoms with Gasteiger partial charge < -0.3 is 15.2 Å². The van der Waals surface area contributed by atoms with Crippen molar-refractivity contribution >= 4 is 0 Å². The van der Waals surface area contributed by atoms with E-state index in [1.165, 1.54) is 12.1 Å². The second kappa shape index (κ2) is 7.46. The molecule has 2 N–H and O–H groups in total. The van der Waals surface area contributed by atoms with Crippen LogP contribution in [0.25, 0.3) is 0 Å². The molecule has 2 atom stereocenters. The fourth-order valence-electron chi connectivity index (χ4n) is 1.69. The van der Waals surface area contributed by atoms with E-state index in [1.807, 2.05) is 26.8 Å². The molecule has 0 aliphatic carbocycles. The molecule has 0 aliphatic rings. The van der Waals surface area contributed by atoms with Gasteiger partial charge in [-0.3, -0.25) is 0 Å². The summed E-state index contributed by atoms with van der Waals surface area (Å²) >= 11 is 0. The fraction of sp³-hybridized carbons (Fsp3) is 0.571. The van der Waals surface area contributed by atoms with E-state index in [9.17, 15) is 4.39 Å². The molecule has 18 heavy (non-hydrogen) atoms. The molecule has 1 rings (SSSR count). The van der Waals surface area contributed by atoms with Gasteiger partial charge in [-0.05, 0) is 38.5 Å². The maximum Gasteiger partial charge on any atom is 0.123 e. The Bertz CT molecular complexity index is 355. The predicted octanol–water partition coefficient (Wildman–Crippen LogP) is 2.66. The summed E-state index contributed by atoms with van der Waals surface area (Å²) in [6.45, 7) is 6.74. The van der Waals surface area contributed by atoms with E-state index in [2.05, 4.69) is 0 Å². The summed E-state index contributed by atoms with van der Waals surface area (Å²) in [4.78, 5) is 0. The molecule has 0 saturated carbocycles. The molecule has 0 heterocycles. The lowest BCUT2D eigenvalue weighted by Crippen LogP contribution is -2.28. The van der Waals surface area contributed by atoms with Crippen molar-refractivity contribution in [3.05, 3.63) is 35.6 Å². The largest absolute Gasteiger partial charge is 0.376 e. The van der Waals surface area contributed by atoms with E-state index < -0.39 is 0 Å². The van der Waals surface area contributed by atoms with Crippen molar-refractivity contribution in [3.8, 4) is 0 Å². The van der Waals surface area contributed by atoms with Crippen LogP contribution in [0.3, 0.4) is 0 Å². The van der Waals surface area contributed by atoms with E-state index in [0.717, 1.165) is 5.56 Å². The van der Waals surface area contributed by atoms with Crippen LogP contribution in [-0.4, -0.2) is 25.4 Å². The van der Waals surface area contributed by atoms with Gasteiger partial charge in [0, 0.05) is 6.04 Å². The molecule has 4 heteroatoms. The molecule has 0 bridgehead atoms. The first-order chi connectivity index (χ1) is 8.50. The van der Waals surface area contributed by atoms with Crippen LogP contribution in [0.15, 0.2) is 24.3 Å². The Morgan fingerprint density at radius 1 is 1.17 bits per heavy atom. The second-order valence-corrected chi connectivity index (χ2v) is 4.63. The molecule has 0 spiro atoms. The Balaban J connectivity index is 2.55. The SMILES string of the molecule is CC(C)OCCOC(c1cccc(F)c1)C(C)N. The third-order valence-electron chi connectivity index (χ3n) is 2.49. The molecular weight excluding hydrogens is 233 g/mol. The maximum atomic E-state index is 13.2. The summed E-state index contributed by atoms with van der Waals surface area (Å²) in [6.07, 6.45) is -0.131. The van der Waals surface area contributed by atoms with Crippen LogP contribution in [0.5, 0.6) is 0 Å². The zero-order chi connectivity index (χ0) is 13.5. The Morgan fingerprint density at radius 3 is 2.39 bits per heavy atom. The zero-order valence-electron chi connectivity index (χ0n) is 11.2. The number of ether oxygens (including phenoxy) is 2. The van der Waals surface area contributed by atoms with Crippen LogP contribution >= 0.6 is 0 Å². The number of nitrogens with two attached hydrogens (primary N) is 1. The average molecular weight is 255 g/mol. The molecule has 0 fully saturated rings. The van der Waals surface area contributed by atoms with E-state index in [4.69, 9.17) is 15.2 Å². The lowest BCUT2D eigenvalue weighted by Gasteiger charge is -2.22. The average Bonchev–Trinajstić information content (AvgIpc) is 2.27. The molecule has 2 unspecified atom stereocenters. The highest BCUT2D eigenvalue weighted by Crippen LogP contribution is 2.20. The molecule has 0 amide bonds. The highest BCUT2D eigenvalue weighted by Gasteiger charge is 2.17. The molecule has 3 nitrogen and oxygen atoms in total. The molecule has 102 valence electrons. The Kier molecular flexibility index (Phi) is 6.25. The summed E-state index contributed by atoms with van der Waals surface area (Å²) in [5, 5.41) is 0. The quantitative estimate of drug-likeness (QED) is 0.762. The van der Waals surface area contributed by atoms with Gasteiger partial charge in [0.25, 0.3) is 0 Å². The van der Waals surface area contributed by atoms with Crippen LogP contribution in [0.2, 0.25) is 0 Å². The van der Waals surface area contributed by atoms with E-state index in [-0.39, 0.29) is 24.1 Å². The summed E-state index contributed by atoms with van der Waals surface area (Å²) in [7, 11) is 0. The molecule has 1 aromatic carbocycles. The monoisotopic (exact) mass is 255 g/mol. The van der Waals surface area contributed by atoms with Crippen LogP contribution in [-0.2, 0) is 9.47 Å². The molecule has 1 aromatic rings. The van der Waals surface area contributed by atoms with Gasteiger partial charge in [0.05, 0.1) is 25.4 Å². The normalized spacial score (nSPS) is 14.8. The Morgan fingerprint density at radius 2 is 1.83 bits per heavy atom. The first kappa shape index (κ1) is 15.1. The highest BCUT2D eigenvalue weighted by atomic mass is 19.1. The lowest BCUT2D eigenvalue weighted by molar-refractivity contribution is -0.0202. The number of benzene rings is 1. The van der Waals surface area contributed by atoms with Crippen molar-refractivity contribution in [3.63, 3.8) is 0 Å². The van der Waals surface area contributed by atoms with Gasteiger partial charge >= 0.3 is 0 Å². The van der Waals surface area contributed by atoms with Gasteiger partial charge in [0.15, 0.2) is 0 Å². The molecule has 0 aromatic heterocycles. The van der Waals surface area contributed by atoms with Crippen LogP contribution in [0.1, 0.15) is 32.4 Å². The number of hydrogen-bond donors (Lipinski definition) is 1. The summed E-state index contributed by atoms with van der Waals surface area (Å²) in [6, 6.07) is 6.14. The van der Waals surface area contributed by atoms with E-state index in [0.29, 0.717) is 13.2 Å². The van der Waals surface area contributed by atoms with Crippen molar-refractivity contribution in [2.45, 2.75) is 39.0 Å². The van der Waals surface area contributed by atoms with E-state index in [1.54, 1.807) is 6.07 Å². The highest BCUT2D eigenvalue weighted by molar-refractivity contribution is 5.20. The van der Waals surface area contributed by atoms with Crippen molar-refractivity contribution in [1.29, 1.82) is 0 Å². The maximum absolute atomic E-state index is 13.2. The topological polar surface area (TPSA) is 44.5 Å². The first-order valence-electron chi connectivity index (χ1n) is 6.25. The number of rotatable bonds is 7. The van der Waals surface area contributed by atoms with Gasteiger partial charge in [0.2, 0.25) is 0 Å². The zero-order valence-corrected chi connectivity index (χ0v) is 11.2. The number of halogens is 1. The van der Waals surface area contributed by atoms with Crippen LogP contribution in [0.4, 0.5) is 4.39 Å². The number of hydrogen-bond acceptors (Lipinski definition) is 3. The lowest BCUT2D eigenvalue weighted by atomic mass is 10.0. The van der Waals surface area contributed by atoms with Crippen molar-refractivity contribution in [2.24, 2.45) is 5.73 Å². The second-order valence-electron chi connectivity index (χ2n) is 4.63. The third kappa shape index (κ3) is 5.12. The summed E-state index contributed by atoms with van der Waals surface area (Å²) < 4.78 is 24.2. The van der Waals surface area contributed by atoms with Crippen LogP contribution in [0, 0.1) is 5.82 Å². The van der Waals surface area contributed by atoms with Gasteiger partial charge in [-0.15, -0.1) is 0 Å².